The van der Waals surface area contributed by atoms with Crippen LogP contribution in [0.5, 0.6) is 23.0 Å². The van der Waals surface area contributed by atoms with Gasteiger partial charge < -0.3 is 38.6 Å². The van der Waals surface area contributed by atoms with E-state index in [1.165, 1.54) is 17.5 Å². The second-order valence-corrected chi connectivity index (χ2v) is 14.8. The van der Waals surface area contributed by atoms with Gasteiger partial charge in [-0.05, 0) is 101 Å². The third-order valence-electron chi connectivity index (χ3n) is 13.2. The maximum atomic E-state index is 12.7. The molecule has 7 atom stereocenters. The number of aromatic hydroxyl groups is 1. The highest BCUT2D eigenvalue weighted by atomic mass is 16.5. The Labute approximate surface area is 277 Å². The number of hydrogen-bond acceptors (Lipinski definition) is 9. The first-order valence-corrected chi connectivity index (χ1v) is 17.2. The molecule has 3 heterocycles. The normalized spacial score (nSPS) is 34.7. The van der Waals surface area contributed by atoms with Crippen molar-refractivity contribution in [2.24, 2.45) is 11.8 Å². The third-order valence-corrected chi connectivity index (χ3v) is 13.2. The number of benzene rings is 2. The number of hydrogen-bond donors (Lipinski definition) is 1. The van der Waals surface area contributed by atoms with Gasteiger partial charge in [0.2, 0.25) is 0 Å². The van der Waals surface area contributed by atoms with Gasteiger partial charge in [-0.25, -0.2) is 0 Å². The number of rotatable bonds is 4. The fraction of sp³-hybridized carbons (Fsp3) is 0.605. The molecule has 4 bridgehead atoms. The average molecular weight is 645 g/mol. The number of methoxy groups -OCH3 is 4. The average Bonchev–Trinajstić information content (AvgIpc) is 3.43. The first kappa shape index (κ1) is 31.0. The minimum Gasteiger partial charge on any atom is -0.504 e. The number of carbonyl (C=O) groups excluding carboxylic acids is 1. The molecular formula is C38H48N2O7. The molecule has 4 aliphatic carbocycles. The zero-order valence-electron chi connectivity index (χ0n) is 28.6. The molecule has 9 rings (SSSR count). The van der Waals surface area contributed by atoms with E-state index in [9.17, 15) is 9.90 Å². The second-order valence-electron chi connectivity index (χ2n) is 14.8. The fourth-order valence-electron chi connectivity index (χ4n) is 11.1. The van der Waals surface area contributed by atoms with Crippen LogP contribution < -0.4 is 14.2 Å². The lowest BCUT2D eigenvalue weighted by Gasteiger charge is -2.58. The highest BCUT2D eigenvalue weighted by molar-refractivity contribution is 5.86. The maximum Gasteiger partial charge on any atom is 0.173 e. The lowest BCUT2D eigenvalue weighted by Crippen LogP contribution is -2.63. The van der Waals surface area contributed by atoms with E-state index in [-0.39, 0.29) is 28.5 Å². The van der Waals surface area contributed by atoms with Crippen LogP contribution in [0.2, 0.25) is 0 Å². The summed E-state index contributed by atoms with van der Waals surface area (Å²) in [5.74, 6) is 5.75. The molecule has 0 amide bonds. The Morgan fingerprint density at radius 2 is 1.51 bits per heavy atom. The first-order valence-electron chi connectivity index (χ1n) is 17.2. The zero-order valence-corrected chi connectivity index (χ0v) is 28.6. The Bertz CT molecular complexity index is 1650. The highest BCUT2D eigenvalue weighted by Crippen LogP contribution is 2.65. The van der Waals surface area contributed by atoms with Gasteiger partial charge in [-0.1, -0.05) is 12.1 Å². The van der Waals surface area contributed by atoms with Crippen molar-refractivity contribution in [2.45, 2.75) is 80.4 Å². The van der Waals surface area contributed by atoms with Crippen molar-refractivity contribution in [3.05, 3.63) is 58.0 Å². The van der Waals surface area contributed by atoms with Crippen LogP contribution in [-0.4, -0.2) is 94.5 Å². The summed E-state index contributed by atoms with van der Waals surface area (Å²) in [4.78, 5) is 17.6. The van der Waals surface area contributed by atoms with Crippen molar-refractivity contribution in [3.8, 4) is 23.0 Å². The molecule has 1 N–H and O–H groups in total. The van der Waals surface area contributed by atoms with Gasteiger partial charge in [0.1, 0.15) is 11.9 Å². The van der Waals surface area contributed by atoms with Crippen molar-refractivity contribution in [1.82, 2.24) is 9.80 Å². The molecule has 0 radical (unpaired) electrons. The number of likely N-dealkylation sites (tertiary alicyclic amines) is 2. The Morgan fingerprint density at radius 1 is 0.851 bits per heavy atom. The number of allylic oxidation sites excluding steroid dienone is 2. The molecule has 9 heteroatoms. The molecule has 252 valence electrons. The number of Topliss-reactive ketones (excluding diaryl/α,β-unsaturated/α-hetero) is 1. The largest absolute Gasteiger partial charge is 0.504 e. The minimum atomic E-state index is -0.313. The molecule has 7 aliphatic rings. The molecule has 9 nitrogen and oxygen atoms in total. The lowest BCUT2D eigenvalue weighted by atomic mass is 9.51. The number of nitrogens with zero attached hydrogens (tertiary/aromatic N) is 2. The second kappa shape index (κ2) is 11.1. The fourth-order valence-corrected chi connectivity index (χ4v) is 11.1. The van der Waals surface area contributed by atoms with Gasteiger partial charge in [-0.2, -0.15) is 0 Å². The van der Waals surface area contributed by atoms with Crippen molar-refractivity contribution < 1.29 is 33.6 Å². The number of ketones is 1. The summed E-state index contributed by atoms with van der Waals surface area (Å²) in [6.07, 6.45) is 7.06. The Balaban J connectivity index is 0.000000138. The number of fused-ring (bicyclic) bond motifs is 1. The molecular weight excluding hydrogens is 596 g/mol. The smallest absolute Gasteiger partial charge is 0.173 e. The standard InChI is InChI=1S/C19H25NO4.C19H23NO3/c1-20-7-6-19-10-14(21)16(24-3)9-12(19)13(20)8-11-4-5-15(23-2)18(22)17(11)19;1-20-9-8-19-12-5-7-15(22-3)18(19)23-17-14(21-2)6-4-11(16(17)19)10-13(12)20/h4-5,12-13,16,22H,6-10H2,1-3H3;4,6,12-13H,5,7-10H2,1-3H3/t12?,13?,16?,19-;12?,13?,19-/m11/s1. The van der Waals surface area contributed by atoms with Gasteiger partial charge in [-0.3, -0.25) is 4.79 Å². The third kappa shape index (κ3) is 4.15. The zero-order chi connectivity index (χ0) is 32.8. The van der Waals surface area contributed by atoms with E-state index < -0.39 is 0 Å². The summed E-state index contributed by atoms with van der Waals surface area (Å²) in [6.45, 7) is 2.06. The van der Waals surface area contributed by atoms with E-state index in [0.717, 1.165) is 85.8 Å². The predicted octanol–water partition coefficient (Wildman–Crippen LogP) is 4.75. The monoisotopic (exact) mass is 644 g/mol. The summed E-state index contributed by atoms with van der Waals surface area (Å²) in [5.41, 5.74) is 4.67. The van der Waals surface area contributed by atoms with Gasteiger partial charge in [-0.15, -0.1) is 0 Å². The molecule has 3 aliphatic heterocycles. The van der Waals surface area contributed by atoms with Crippen LogP contribution in [-0.2, 0) is 37.9 Å². The van der Waals surface area contributed by atoms with Gasteiger partial charge in [0.25, 0.3) is 0 Å². The van der Waals surface area contributed by atoms with E-state index in [1.807, 2.05) is 6.07 Å². The van der Waals surface area contributed by atoms with Crippen molar-refractivity contribution in [3.63, 3.8) is 0 Å². The Kier molecular flexibility index (Phi) is 7.35. The van der Waals surface area contributed by atoms with Crippen LogP contribution in [0.15, 0.2) is 35.8 Å². The molecule has 2 saturated heterocycles. The quantitative estimate of drug-likeness (QED) is 0.507. The van der Waals surface area contributed by atoms with Gasteiger partial charge >= 0.3 is 0 Å². The number of phenolic OH excluding ortho intramolecular Hbond substituents is 1. The molecule has 1 saturated carbocycles. The summed E-state index contributed by atoms with van der Waals surface area (Å²) in [5, 5.41) is 10.9. The predicted molar refractivity (Wildman–Crippen MR) is 176 cm³/mol. The van der Waals surface area contributed by atoms with E-state index in [2.05, 4.69) is 42.1 Å². The molecule has 5 unspecified atom stereocenters. The molecule has 2 aromatic carbocycles. The van der Waals surface area contributed by atoms with Crippen LogP contribution in [0.1, 0.15) is 60.8 Å². The number of phenols is 1. The minimum absolute atomic E-state index is 0.0121. The molecule has 2 aromatic rings. The van der Waals surface area contributed by atoms with E-state index in [0.29, 0.717) is 36.1 Å². The topological polar surface area (TPSA) is 89.9 Å². The Hall–Kier alpha value is -3.27. The molecule has 1 spiro atoms. The number of piperidine rings is 2. The van der Waals surface area contributed by atoms with Crippen LogP contribution >= 0.6 is 0 Å². The summed E-state index contributed by atoms with van der Waals surface area (Å²) >= 11 is 0. The summed E-state index contributed by atoms with van der Waals surface area (Å²) < 4.78 is 28.6. The highest BCUT2D eigenvalue weighted by Gasteiger charge is 2.63. The molecule has 3 fully saturated rings. The van der Waals surface area contributed by atoms with Gasteiger partial charge in [0.15, 0.2) is 34.5 Å². The number of ether oxygens (including phenoxy) is 5. The van der Waals surface area contributed by atoms with Crippen molar-refractivity contribution >= 4 is 5.78 Å². The van der Waals surface area contributed by atoms with Crippen molar-refractivity contribution in [2.75, 3.05) is 55.6 Å². The van der Waals surface area contributed by atoms with E-state index in [4.69, 9.17) is 23.7 Å². The van der Waals surface area contributed by atoms with Crippen LogP contribution in [0.25, 0.3) is 0 Å². The van der Waals surface area contributed by atoms with E-state index >= 15 is 0 Å². The molecule has 0 aromatic heterocycles. The number of carbonyl (C=O) groups is 1. The van der Waals surface area contributed by atoms with Gasteiger partial charge in [0.05, 0.1) is 26.7 Å². The van der Waals surface area contributed by atoms with Crippen LogP contribution in [0, 0.1) is 11.8 Å². The number of likely N-dealkylation sites (N-methyl/N-ethyl adjacent to an activating group) is 2. The van der Waals surface area contributed by atoms with Crippen LogP contribution in [0.3, 0.4) is 0 Å². The lowest BCUT2D eigenvalue weighted by molar-refractivity contribution is -0.141. The van der Waals surface area contributed by atoms with E-state index in [1.54, 1.807) is 28.4 Å². The maximum absolute atomic E-state index is 12.7. The van der Waals surface area contributed by atoms with Crippen LogP contribution in [0.4, 0.5) is 0 Å². The molecule has 47 heavy (non-hydrogen) atoms. The summed E-state index contributed by atoms with van der Waals surface area (Å²) in [6, 6.07) is 9.20. The summed E-state index contributed by atoms with van der Waals surface area (Å²) in [7, 11) is 11.1. The Morgan fingerprint density at radius 3 is 2.19 bits per heavy atom. The van der Waals surface area contributed by atoms with Gasteiger partial charge in [0, 0.05) is 48.6 Å². The first-order chi connectivity index (χ1) is 22.7. The van der Waals surface area contributed by atoms with Crippen molar-refractivity contribution in [1.29, 1.82) is 0 Å². The SMILES string of the molecule is COC1=C2Oc3c(OC)ccc4c3[C@]23CCN(C)C(C4)C3CC1.COc1ccc2c(c1O)[C@@]13CCN(C)C(C2)C1CC(OC)C(=O)C3.